The quantitative estimate of drug-likeness (QED) is 0.152. The van der Waals surface area contributed by atoms with E-state index in [2.05, 4.69) is 27.4 Å². The van der Waals surface area contributed by atoms with Gasteiger partial charge in [0.15, 0.2) is 11.6 Å². The molecule has 3 aliphatic carbocycles. The summed E-state index contributed by atoms with van der Waals surface area (Å²) < 4.78 is 3.77. The molecule has 2 aromatic carbocycles. The molecule has 2 aliphatic heterocycles. The Hall–Kier alpha value is -4.23. The fourth-order valence-electron chi connectivity index (χ4n) is 10.3. The van der Waals surface area contributed by atoms with Crippen molar-refractivity contribution in [1.29, 1.82) is 0 Å². The number of nitrogens with zero attached hydrogens (tertiary/aromatic N) is 6. The monoisotopic (exact) mass is 842 g/mol. The number of benzene rings is 2. The molecule has 4 heterocycles. The molecule has 4 aromatic rings. The lowest BCUT2D eigenvalue weighted by atomic mass is 9.60. The van der Waals surface area contributed by atoms with Crippen LogP contribution >= 0.6 is 23.2 Å². The van der Waals surface area contributed by atoms with Gasteiger partial charge in [-0.15, -0.1) is 0 Å². The number of hydrogen-bond acceptors (Lipinski definition) is 7. The number of rotatable bonds is 9. The third-order valence-electron chi connectivity index (χ3n) is 13.9. The Morgan fingerprint density at radius 2 is 1.19 bits per heavy atom. The number of aromatic nitrogens is 4. The number of fused-ring (bicyclic) bond motifs is 10. The number of amides is 2. The zero-order chi connectivity index (χ0) is 41.5. The number of carbonyl (C=O) groups is 3. The number of hydrogen-bond donors (Lipinski definition) is 3. The van der Waals surface area contributed by atoms with Gasteiger partial charge in [0.05, 0.1) is 38.2 Å². The van der Waals surface area contributed by atoms with Crippen LogP contribution in [0, 0.1) is 10.8 Å². The van der Waals surface area contributed by atoms with Crippen LogP contribution in [0.15, 0.2) is 36.4 Å². The summed E-state index contributed by atoms with van der Waals surface area (Å²) in [4.78, 5) is 54.3. The normalized spacial score (nSPS) is 22.6. The second-order valence-electron chi connectivity index (χ2n) is 17.5. The number of carbonyl (C=O) groups excluding carboxylic acids is 2. The molecule has 3 N–H and O–H groups in total. The molecular weight excluding hydrogens is 787 g/mol. The maximum Gasteiger partial charge on any atom is 0.309 e. The van der Waals surface area contributed by atoms with Gasteiger partial charge in [-0.3, -0.25) is 24.2 Å². The van der Waals surface area contributed by atoms with Gasteiger partial charge >= 0.3 is 5.97 Å². The van der Waals surface area contributed by atoms with Crippen molar-refractivity contribution in [3.05, 3.63) is 80.9 Å². The van der Waals surface area contributed by atoms with Gasteiger partial charge in [0, 0.05) is 82.2 Å². The second-order valence-corrected chi connectivity index (χ2v) is 18.2. The summed E-state index contributed by atoms with van der Waals surface area (Å²) in [5.41, 5.74) is 5.56. The van der Waals surface area contributed by atoms with Gasteiger partial charge in [0.1, 0.15) is 0 Å². The highest BCUT2D eigenvalue weighted by Gasteiger charge is 2.47. The van der Waals surface area contributed by atoms with E-state index in [-0.39, 0.29) is 17.2 Å². The SMILES string of the molecule is CCN1CCc2c(nc(C(=O)Nc3cccc(-c4cccc(NC(=O)c5nc6c(n5C)CCN(CC57CCCCCCCC(C(=O)O)(CC5)CC7)C6)c4Cl)c3Cl)n2C)C1. The van der Waals surface area contributed by atoms with Crippen LogP contribution in [-0.4, -0.2) is 78.0 Å². The largest absolute Gasteiger partial charge is 0.481 e. The van der Waals surface area contributed by atoms with Crippen molar-refractivity contribution in [1.82, 2.24) is 28.9 Å². The molecule has 3 fully saturated rings. The molecule has 314 valence electrons. The van der Waals surface area contributed by atoms with E-state index in [4.69, 9.17) is 33.2 Å². The minimum atomic E-state index is -0.609. The van der Waals surface area contributed by atoms with Crippen molar-refractivity contribution >= 4 is 52.4 Å². The molecule has 0 spiro atoms. The average Bonchev–Trinajstić information content (AvgIpc) is 3.72. The fraction of sp³-hybridized carbons (Fsp3) is 0.533. The van der Waals surface area contributed by atoms with Gasteiger partial charge in [-0.1, -0.05) is 86.5 Å². The summed E-state index contributed by atoms with van der Waals surface area (Å²) in [7, 11) is 3.77. The van der Waals surface area contributed by atoms with E-state index in [9.17, 15) is 19.5 Å². The number of anilines is 2. The molecule has 0 atom stereocenters. The summed E-state index contributed by atoms with van der Waals surface area (Å²) in [6.07, 6.45) is 12.7. The van der Waals surface area contributed by atoms with Crippen LogP contribution in [0.1, 0.15) is 122 Å². The molecule has 0 unspecified atom stereocenters. The smallest absolute Gasteiger partial charge is 0.309 e. The first-order valence-corrected chi connectivity index (χ1v) is 22.1. The van der Waals surface area contributed by atoms with Crippen LogP contribution in [0.25, 0.3) is 11.1 Å². The highest BCUT2D eigenvalue weighted by atomic mass is 35.5. The molecule has 14 heteroatoms. The molecule has 0 radical (unpaired) electrons. The minimum absolute atomic E-state index is 0.112. The maximum absolute atomic E-state index is 13.9. The van der Waals surface area contributed by atoms with Crippen LogP contribution < -0.4 is 10.6 Å². The Balaban J connectivity index is 0.956. The zero-order valence-corrected chi connectivity index (χ0v) is 36.0. The van der Waals surface area contributed by atoms with Gasteiger partial charge in [0.2, 0.25) is 0 Å². The number of imidazole rings is 2. The summed E-state index contributed by atoms with van der Waals surface area (Å²) in [6, 6.07) is 10.8. The van der Waals surface area contributed by atoms with E-state index >= 15 is 0 Å². The van der Waals surface area contributed by atoms with Gasteiger partial charge in [-0.25, -0.2) is 9.97 Å². The molecule has 2 aromatic heterocycles. The van der Waals surface area contributed by atoms with Crippen molar-refractivity contribution in [3.8, 4) is 11.1 Å². The van der Waals surface area contributed by atoms with Gasteiger partial charge in [0.25, 0.3) is 11.8 Å². The Kier molecular flexibility index (Phi) is 12.0. The van der Waals surface area contributed by atoms with E-state index < -0.39 is 11.4 Å². The molecule has 2 bridgehead atoms. The van der Waals surface area contributed by atoms with E-state index in [1.807, 2.05) is 41.4 Å². The Morgan fingerprint density at radius 3 is 1.71 bits per heavy atom. The second kappa shape index (κ2) is 17.0. The third kappa shape index (κ3) is 8.18. The van der Waals surface area contributed by atoms with Crippen molar-refractivity contribution in [2.75, 3.05) is 36.8 Å². The third-order valence-corrected chi connectivity index (χ3v) is 14.8. The number of carboxylic acids is 1. The predicted octanol–water partition coefficient (Wildman–Crippen LogP) is 8.74. The van der Waals surface area contributed by atoms with Crippen molar-refractivity contribution in [2.45, 2.75) is 103 Å². The molecule has 9 rings (SSSR count). The first-order chi connectivity index (χ1) is 28.4. The molecule has 0 saturated heterocycles. The minimum Gasteiger partial charge on any atom is -0.481 e. The van der Waals surface area contributed by atoms with Crippen molar-refractivity contribution in [2.24, 2.45) is 24.9 Å². The molecule has 3 saturated carbocycles. The van der Waals surface area contributed by atoms with Crippen LogP contribution in [0.5, 0.6) is 0 Å². The molecule has 2 amide bonds. The Bertz CT molecular complexity index is 2260. The van der Waals surface area contributed by atoms with Gasteiger partial charge < -0.3 is 24.9 Å². The lowest BCUT2D eigenvalue weighted by molar-refractivity contribution is -0.154. The number of likely N-dealkylation sites (N-methyl/N-ethyl adjacent to an activating group) is 1. The van der Waals surface area contributed by atoms with Crippen LogP contribution in [-0.2, 0) is 44.8 Å². The van der Waals surface area contributed by atoms with Crippen molar-refractivity contribution in [3.63, 3.8) is 0 Å². The lowest BCUT2D eigenvalue weighted by Gasteiger charge is -2.47. The average molecular weight is 844 g/mol. The standard InChI is InChI=1S/C45H56Cl2N8O4/c1-4-54-24-16-35-33(26-54)48-39(52(35)2)41(56)50-31-14-10-12-29(37(31)46)30-13-11-15-32(38(30)47)51-42(57)40-49-34-27-55(25-17-36(34)53(40)3)28-44-18-8-6-5-7-9-19-45(22-20-44,23-21-44)43(58)59/h10-15H,4-9,16-28H2,1-3H3,(H,50,56)(H,51,57)(H,58,59). The highest BCUT2D eigenvalue weighted by molar-refractivity contribution is 6.40. The van der Waals surface area contributed by atoms with Crippen LogP contribution in [0.3, 0.4) is 0 Å². The summed E-state index contributed by atoms with van der Waals surface area (Å²) in [5, 5.41) is 16.9. The number of carboxylic acid groups (broad SMARTS) is 1. The maximum atomic E-state index is 13.9. The first kappa shape index (κ1) is 41.5. The van der Waals surface area contributed by atoms with Crippen LogP contribution in [0.4, 0.5) is 11.4 Å². The van der Waals surface area contributed by atoms with E-state index in [1.165, 1.54) is 19.3 Å². The fourth-order valence-corrected chi connectivity index (χ4v) is 10.8. The van der Waals surface area contributed by atoms with Crippen molar-refractivity contribution < 1.29 is 19.5 Å². The molecular formula is C45H56Cl2N8O4. The number of aliphatic carboxylic acids is 1. The van der Waals surface area contributed by atoms with E-state index in [0.29, 0.717) is 50.7 Å². The van der Waals surface area contributed by atoms with Gasteiger partial charge in [-0.05, 0) is 62.6 Å². The first-order valence-electron chi connectivity index (χ1n) is 21.4. The summed E-state index contributed by atoms with van der Waals surface area (Å²) >= 11 is 14.0. The topological polar surface area (TPSA) is 138 Å². The summed E-state index contributed by atoms with van der Waals surface area (Å²) in [6.45, 7) is 7.16. The molecule has 5 aliphatic rings. The highest BCUT2D eigenvalue weighted by Crippen LogP contribution is 2.52. The molecule has 12 nitrogen and oxygen atoms in total. The lowest BCUT2D eigenvalue weighted by Crippen LogP contribution is -2.46. The van der Waals surface area contributed by atoms with Gasteiger partial charge in [-0.2, -0.15) is 0 Å². The summed E-state index contributed by atoms with van der Waals surface area (Å²) in [5.74, 6) is -0.672. The van der Waals surface area contributed by atoms with E-state index in [0.717, 1.165) is 120 Å². The number of halogens is 2. The zero-order valence-electron chi connectivity index (χ0n) is 34.5. The molecule has 59 heavy (non-hydrogen) atoms. The van der Waals surface area contributed by atoms with E-state index in [1.54, 1.807) is 18.2 Å². The predicted molar refractivity (Wildman–Crippen MR) is 231 cm³/mol. The number of nitrogens with one attached hydrogen (secondary N) is 2. The van der Waals surface area contributed by atoms with Crippen LogP contribution in [0.2, 0.25) is 10.0 Å². The Morgan fingerprint density at radius 1 is 0.695 bits per heavy atom. The Labute approximate surface area is 356 Å².